The van der Waals surface area contributed by atoms with Crippen molar-refractivity contribution >= 4 is 0 Å². The lowest BCUT2D eigenvalue weighted by molar-refractivity contribution is -0.125. The molecular weight excluding hydrogens is 200 g/mol. The lowest BCUT2D eigenvalue weighted by Crippen LogP contribution is -2.45. The largest absolute Gasteiger partial charge is 0.390 e. The summed E-state index contributed by atoms with van der Waals surface area (Å²) in [4.78, 5) is 0. The number of aliphatic hydroxyl groups is 1. The van der Waals surface area contributed by atoms with Crippen molar-refractivity contribution in [2.45, 2.75) is 82.8 Å². The molecule has 0 radical (unpaired) electrons. The van der Waals surface area contributed by atoms with Gasteiger partial charge in [0.05, 0.1) is 11.7 Å². The van der Waals surface area contributed by atoms with Gasteiger partial charge in [0.15, 0.2) is 0 Å². The van der Waals surface area contributed by atoms with Gasteiger partial charge in [-0.25, -0.2) is 0 Å². The SMILES string of the molecule is CCCCCCC(O)C1(OC)CCCCC1. The Morgan fingerprint density at radius 2 is 1.81 bits per heavy atom. The molecule has 1 atom stereocenters. The second-order valence-electron chi connectivity index (χ2n) is 5.19. The van der Waals surface area contributed by atoms with E-state index in [9.17, 15) is 5.11 Å². The summed E-state index contributed by atoms with van der Waals surface area (Å²) in [5.41, 5.74) is -0.218. The summed E-state index contributed by atoms with van der Waals surface area (Å²) in [7, 11) is 1.76. The zero-order valence-corrected chi connectivity index (χ0v) is 11.0. The Morgan fingerprint density at radius 1 is 1.12 bits per heavy atom. The standard InChI is InChI=1S/C14H28O2/c1-3-4-5-7-10-13(15)14(16-2)11-8-6-9-12-14/h13,15H,3-12H2,1-2H3. The Balaban J connectivity index is 2.33. The van der Waals surface area contributed by atoms with Crippen LogP contribution in [-0.4, -0.2) is 23.9 Å². The molecule has 0 bridgehead atoms. The first-order chi connectivity index (χ1) is 7.75. The van der Waals surface area contributed by atoms with E-state index in [4.69, 9.17) is 4.74 Å². The van der Waals surface area contributed by atoms with E-state index in [2.05, 4.69) is 6.92 Å². The van der Waals surface area contributed by atoms with Crippen LogP contribution in [0.5, 0.6) is 0 Å². The van der Waals surface area contributed by atoms with Crippen LogP contribution < -0.4 is 0 Å². The normalized spacial score (nSPS) is 21.9. The Morgan fingerprint density at radius 3 is 2.38 bits per heavy atom. The predicted molar refractivity (Wildman–Crippen MR) is 67.6 cm³/mol. The molecule has 0 spiro atoms. The molecule has 0 aromatic rings. The maximum absolute atomic E-state index is 10.3. The van der Waals surface area contributed by atoms with Crippen molar-refractivity contribution in [1.29, 1.82) is 0 Å². The van der Waals surface area contributed by atoms with Crippen molar-refractivity contribution in [3.8, 4) is 0 Å². The molecule has 0 amide bonds. The summed E-state index contributed by atoms with van der Waals surface area (Å²) in [5, 5.41) is 10.3. The topological polar surface area (TPSA) is 29.5 Å². The van der Waals surface area contributed by atoms with Gasteiger partial charge in [-0.15, -0.1) is 0 Å². The molecule has 0 aliphatic heterocycles. The first kappa shape index (κ1) is 14.0. The molecule has 1 saturated carbocycles. The van der Waals surface area contributed by atoms with Gasteiger partial charge in [-0.05, 0) is 19.3 Å². The van der Waals surface area contributed by atoms with Gasteiger partial charge in [0.2, 0.25) is 0 Å². The van der Waals surface area contributed by atoms with Crippen LogP contribution in [0.2, 0.25) is 0 Å². The van der Waals surface area contributed by atoms with Crippen molar-refractivity contribution < 1.29 is 9.84 Å². The third-order valence-corrected chi connectivity index (χ3v) is 4.04. The quantitative estimate of drug-likeness (QED) is 0.674. The fourth-order valence-corrected chi connectivity index (χ4v) is 2.85. The lowest BCUT2D eigenvalue weighted by Gasteiger charge is -2.40. The van der Waals surface area contributed by atoms with E-state index in [1.165, 1.54) is 38.5 Å². The molecule has 0 saturated heterocycles. The van der Waals surface area contributed by atoms with E-state index in [-0.39, 0.29) is 11.7 Å². The molecule has 1 rings (SSSR count). The van der Waals surface area contributed by atoms with Crippen molar-refractivity contribution in [2.75, 3.05) is 7.11 Å². The van der Waals surface area contributed by atoms with Gasteiger partial charge in [0, 0.05) is 7.11 Å². The molecule has 1 N–H and O–H groups in total. The Labute approximate surface area is 100 Å². The van der Waals surface area contributed by atoms with Crippen LogP contribution in [-0.2, 0) is 4.74 Å². The maximum atomic E-state index is 10.3. The Kier molecular flexibility index (Phi) is 6.37. The van der Waals surface area contributed by atoms with Gasteiger partial charge in [0.1, 0.15) is 0 Å². The summed E-state index contributed by atoms with van der Waals surface area (Å²) >= 11 is 0. The Bertz CT molecular complexity index is 174. The van der Waals surface area contributed by atoms with E-state index in [0.29, 0.717) is 0 Å². The van der Waals surface area contributed by atoms with Crippen molar-refractivity contribution in [3.05, 3.63) is 0 Å². The molecule has 0 aromatic heterocycles. The molecule has 1 aliphatic rings. The first-order valence-corrected chi connectivity index (χ1v) is 6.98. The second-order valence-corrected chi connectivity index (χ2v) is 5.19. The van der Waals surface area contributed by atoms with Gasteiger partial charge < -0.3 is 9.84 Å². The van der Waals surface area contributed by atoms with Crippen molar-refractivity contribution in [3.63, 3.8) is 0 Å². The van der Waals surface area contributed by atoms with Gasteiger partial charge in [0.25, 0.3) is 0 Å². The number of aliphatic hydroxyl groups excluding tert-OH is 1. The molecule has 1 aliphatic carbocycles. The second kappa shape index (κ2) is 7.29. The zero-order chi connectivity index (χ0) is 11.9. The van der Waals surface area contributed by atoms with Crippen LogP contribution in [0, 0.1) is 0 Å². The minimum atomic E-state index is -0.255. The highest BCUT2D eigenvalue weighted by molar-refractivity contribution is 4.90. The molecule has 1 unspecified atom stereocenters. The summed E-state index contributed by atoms with van der Waals surface area (Å²) < 4.78 is 5.65. The fourth-order valence-electron chi connectivity index (χ4n) is 2.85. The molecule has 2 nitrogen and oxygen atoms in total. The van der Waals surface area contributed by atoms with E-state index < -0.39 is 0 Å². The third kappa shape index (κ3) is 3.74. The van der Waals surface area contributed by atoms with Crippen molar-refractivity contribution in [1.82, 2.24) is 0 Å². The van der Waals surface area contributed by atoms with E-state index in [0.717, 1.165) is 25.7 Å². The lowest BCUT2D eigenvalue weighted by atomic mass is 9.79. The van der Waals surface area contributed by atoms with Crippen LogP contribution in [0.3, 0.4) is 0 Å². The summed E-state index contributed by atoms with van der Waals surface area (Å²) in [6.45, 7) is 2.22. The number of rotatable bonds is 7. The summed E-state index contributed by atoms with van der Waals surface area (Å²) in [5.74, 6) is 0. The fraction of sp³-hybridized carbons (Fsp3) is 1.00. The average Bonchev–Trinajstić information content (AvgIpc) is 2.35. The zero-order valence-electron chi connectivity index (χ0n) is 11.0. The molecule has 0 heterocycles. The van der Waals surface area contributed by atoms with Crippen molar-refractivity contribution in [2.24, 2.45) is 0 Å². The molecule has 96 valence electrons. The van der Waals surface area contributed by atoms with Crippen LogP contribution in [0.4, 0.5) is 0 Å². The smallest absolute Gasteiger partial charge is 0.0936 e. The van der Waals surface area contributed by atoms with Gasteiger partial charge in [-0.3, -0.25) is 0 Å². The van der Waals surface area contributed by atoms with E-state index in [1.54, 1.807) is 7.11 Å². The average molecular weight is 228 g/mol. The monoisotopic (exact) mass is 228 g/mol. The molecule has 16 heavy (non-hydrogen) atoms. The van der Waals surface area contributed by atoms with Gasteiger partial charge in [-0.2, -0.15) is 0 Å². The van der Waals surface area contributed by atoms with Crippen LogP contribution >= 0.6 is 0 Å². The van der Waals surface area contributed by atoms with Crippen LogP contribution in [0.1, 0.15) is 71.1 Å². The van der Waals surface area contributed by atoms with E-state index in [1.807, 2.05) is 0 Å². The minimum absolute atomic E-state index is 0.218. The number of ether oxygens (including phenoxy) is 1. The maximum Gasteiger partial charge on any atom is 0.0936 e. The number of methoxy groups -OCH3 is 1. The highest BCUT2D eigenvalue weighted by atomic mass is 16.5. The highest BCUT2D eigenvalue weighted by Gasteiger charge is 2.38. The van der Waals surface area contributed by atoms with Crippen LogP contribution in [0.25, 0.3) is 0 Å². The van der Waals surface area contributed by atoms with Gasteiger partial charge in [-0.1, -0.05) is 51.9 Å². The molecule has 1 fully saturated rings. The number of hydrogen-bond donors (Lipinski definition) is 1. The molecule has 2 heteroatoms. The summed E-state index contributed by atoms with van der Waals surface area (Å²) in [6, 6.07) is 0. The Hall–Kier alpha value is -0.0800. The number of hydrogen-bond acceptors (Lipinski definition) is 2. The van der Waals surface area contributed by atoms with Crippen LogP contribution in [0.15, 0.2) is 0 Å². The third-order valence-electron chi connectivity index (χ3n) is 4.04. The van der Waals surface area contributed by atoms with E-state index >= 15 is 0 Å². The first-order valence-electron chi connectivity index (χ1n) is 6.98. The highest BCUT2D eigenvalue weighted by Crippen LogP contribution is 2.35. The molecule has 0 aromatic carbocycles. The minimum Gasteiger partial charge on any atom is -0.390 e. The van der Waals surface area contributed by atoms with Gasteiger partial charge >= 0.3 is 0 Å². The predicted octanol–water partition coefficient (Wildman–Crippen LogP) is 3.67. The number of unbranched alkanes of at least 4 members (excludes halogenated alkanes) is 3. The molecular formula is C14H28O2. The summed E-state index contributed by atoms with van der Waals surface area (Å²) in [6.07, 6.45) is 11.4.